The molecule has 0 aromatic heterocycles. The van der Waals surface area contributed by atoms with Gasteiger partial charge in [-0.3, -0.25) is 13.9 Å². The molecule has 1 N–H and O–H groups in total. The maximum Gasteiger partial charge on any atom is 0.243 e. The Kier molecular flexibility index (Phi) is 11.4. The molecule has 0 heterocycles. The van der Waals surface area contributed by atoms with E-state index in [9.17, 15) is 22.4 Å². The number of carbonyl (C=O) groups excluding carboxylic acids is 2. The molecule has 0 aliphatic carbocycles. The average molecular weight is 536 g/mol. The average Bonchev–Trinajstić information content (AvgIpc) is 2.86. The van der Waals surface area contributed by atoms with Gasteiger partial charge in [0.1, 0.15) is 17.6 Å². The second-order valence-corrected chi connectivity index (χ2v) is 10.9. The highest BCUT2D eigenvalue weighted by molar-refractivity contribution is 7.92. The van der Waals surface area contributed by atoms with E-state index in [-0.39, 0.29) is 43.8 Å². The lowest BCUT2D eigenvalue weighted by Crippen LogP contribution is -2.50. The lowest BCUT2D eigenvalue weighted by Gasteiger charge is -2.32. The standard InChI is InChI=1S/C27H38FN3O5S/c1-6-20(3)29-27(33)25(7-2)30(19-21-10-16-24(36-4)17-11-21)26(32)9-8-18-31(37(5,34)35)23-14-12-22(28)13-15-23/h10-17,20,25H,6-9,18-19H2,1-5H3,(H,29,33)/t20-,25-/m1/s1. The first kappa shape index (κ1) is 30.1. The van der Waals surface area contributed by atoms with Gasteiger partial charge in [-0.2, -0.15) is 0 Å². The molecule has 10 heteroatoms. The molecule has 0 saturated carbocycles. The number of benzene rings is 2. The number of hydrogen-bond donors (Lipinski definition) is 1. The number of sulfonamides is 1. The van der Waals surface area contributed by atoms with E-state index in [0.29, 0.717) is 17.9 Å². The number of anilines is 1. The summed E-state index contributed by atoms with van der Waals surface area (Å²) in [4.78, 5) is 28.1. The fourth-order valence-corrected chi connectivity index (χ4v) is 4.86. The van der Waals surface area contributed by atoms with Crippen molar-refractivity contribution in [2.75, 3.05) is 24.2 Å². The van der Waals surface area contributed by atoms with Gasteiger partial charge in [0.05, 0.1) is 19.1 Å². The molecule has 0 spiro atoms. The molecule has 0 aliphatic heterocycles. The Labute approximate surface area is 219 Å². The number of nitrogens with one attached hydrogen (secondary N) is 1. The van der Waals surface area contributed by atoms with E-state index in [2.05, 4.69) is 5.32 Å². The Balaban J connectivity index is 2.22. The zero-order valence-electron chi connectivity index (χ0n) is 22.2. The first-order valence-electron chi connectivity index (χ1n) is 12.5. The van der Waals surface area contributed by atoms with Crippen LogP contribution < -0.4 is 14.4 Å². The van der Waals surface area contributed by atoms with Crippen molar-refractivity contribution >= 4 is 27.5 Å². The van der Waals surface area contributed by atoms with E-state index >= 15 is 0 Å². The fraction of sp³-hybridized carbons (Fsp3) is 0.481. The smallest absolute Gasteiger partial charge is 0.243 e. The first-order chi connectivity index (χ1) is 17.5. The molecule has 0 radical (unpaired) electrons. The molecule has 2 aromatic carbocycles. The van der Waals surface area contributed by atoms with Gasteiger partial charge >= 0.3 is 0 Å². The number of hydrogen-bond acceptors (Lipinski definition) is 5. The summed E-state index contributed by atoms with van der Waals surface area (Å²) in [7, 11) is -2.07. The Bertz CT molecular complexity index is 1120. The second kappa shape index (κ2) is 14.0. The predicted molar refractivity (Wildman–Crippen MR) is 143 cm³/mol. The summed E-state index contributed by atoms with van der Waals surface area (Å²) in [6.07, 6.45) is 2.53. The lowest BCUT2D eigenvalue weighted by molar-refractivity contribution is -0.141. The van der Waals surface area contributed by atoms with Crippen LogP contribution in [0.25, 0.3) is 0 Å². The molecule has 0 aliphatic rings. The van der Waals surface area contributed by atoms with Crippen LogP contribution >= 0.6 is 0 Å². The van der Waals surface area contributed by atoms with Gasteiger partial charge in [0.15, 0.2) is 0 Å². The van der Waals surface area contributed by atoms with E-state index in [1.54, 1.807) is 24.1 Å². The van der Waals surface area contributed by atoms with E-state index in [0.717, 1.165) is 22.5 Å². The number of carbonyl (C=O) groups is 2. The maximum atomic E-state index is 13.4. The molecule has 0 fully saturated rings. The monoisotopic (exact) mass is 535 g/mol. The highest BCUT2D eigenvalue weighted by Gasteiger charge is 2.29. The van der Waals surface area contributed by atoms with Gasteiger partial charge in [0, 0.05) is 25.6 Å². The highest BCUT2D eigenvalue weighted by Crippen LogP contribution is 2.21. The fourth-order valence-electron chi connectivity index (χ4n) is 3.90. The Morgan fingerprint density at radius 3 is 2.16 bits per heavy atom. The number of halogens is 1. The van der Waals surface area contributed by atoms with Crippen molar-refractivity contribution in [2.45, 2.75) is 65.1 Å². The molecular formula is C27H38FN3O5S. The third-order valence-corrected chi connectivity index (χ3v) is 7.36. The van der Waals surface area contributed by atoms with Crippen LogP contribution in [-0.2, 0) is 26.2 Å². The molecule has 2 rings (SSSR count). The van der Waals surface area contributed by atoms with Crippen LogP contribution in [-0.4, -0.2) is 57.1 Å². The molecule has 0 unspecified atom stereocenters. The molecule has 0 saturated heterocycles. The minimum absolute atomic E-state index is 0.0292. The molecule has 204 valence electrons. The van der Waals surface area contributed by atoms with Crippen molar-refractivity contribution in [3.05, 3.63) is 59.9 Å². The highest BCUT2D eigenvalue weighted by atomic mass is 32.2. The van der Waals surface area contributed by atoms with Gasteiger partial charge in [0.25, 0.3) is 0 Å². The van der Waals surface area contributed by atoms with Gasteiger partial charge in [-0.05, 0) is 68.1 Å². The van der Waals surface area contributed by atoms with Crippen molar-refractivity contribution in [1.29, 1.82) is 0 Å². The summed E-state index contributed by atoms with van der Waals surface area (Å²) in [6.45, 7) is 6.01. The summed E-state index contributed by atoms with van der Waals surface area (Å²) < 4.78 is 44.4. The van der Waals surface area contributed by atoms with Crippen LogP contribution in [0, 0.1) is 5.82 Å². The molecule has 2 atom stereocenters. The van der Waals surface area contributed by atoms with Crippen LogP contribution in [0.4, 0.5) is 10.1 Å². The van der Waals surface area contributed by atoms with Crippen LogP contribution in [0.5, 0.6) is 5.75 Å². The number of amides is 2. The van der Waals surface area contributed by atoms with Crippen LogP contribution in [0.3, 0.4) is 0 Å². The van der Waals surface area contributed by atoms with Crippen LogP contribution in [0.15, 0.2) is 48.5 Å². The summed E-state index contributed by atoms with van der Waals surface area (Å²) in [6, 6.07) is 11.7. The minimum atomic E-state index is -3.65. The molecular weight excluding hydrogens is 497 g/mol. The topological polar surface area (TPSA) is 96.0 Å². The summed E-state index contributed by atoms with van der Waals surface area (Å²) in [5.74, 6) is -0.259. The Morgan fingerprint density at radius 1 is 1.03 bits per heavy atom. The number of nitrogens with zero attached hydrogens (tertiary/aromatic N) is 2. The van der Waals surface area contributed by atoms with Crippen LogP contribution in [0.1, 0.15) is 52.0 Å². The maximum absolute atomic E-state index is 13.4. The zero-order chi connectivity index (χ0) is 27.6. The first-order valence-corrected chi connectivity index (χ1v) is 14.3. The van der Waals surface area contributed by atoms with Gasteiger partial charge in [-0.15, -0.1) is 0 Å². The zero-order valence-corrected chi connectivity index (χ0v) is 23.1. The van der Waals surface area contributed by atoms with Gasteiger partial charge in [-0.1, -0.05) is 26.0 Å². The SMILES string of the molecule is CC[C@@H](C)NC(=O)[C@@H](CC)N(Cc1ccc(OC)cc1)C(=O)CCCN(c1ccc(F)cc1)S(C)(=O)=O. The largest absolute Gasteiger partial charge is 0.497 e. The van der Waals surface area contributed by atoms with Crippen LogP contribution in [0.2, 0.25) is 0 Å². The molecule has 8 nitrogen and oxygen atoms in total. The Morgan fingerprint density at radius 2 is 1.65 bits per heavy atom. The van der Waals surface area contributed by atoms with Crippen molar-refractivity contribution in [2.24, 2.45) is 0 Å². The predicted octanol–water partition coefficient (Wildman–Crippen LogP) is 4.10. The molecule has 37 heavy (non-hydrogen) atoms. The normalized spacial score (nSPS) is 12.9. The van der Waals surface area contributed by atoms with Crippen molar-refractivity contribution in [3.8, 4) is 5.75 Å². The van der Waals surface area contributed by atoms with Gasteiger partial charge in [-0.25, -0.2) is 12.8 Å². The van der Waals surface area contributed by atoms with Crippen molar-refractivity contribution in [1.82, 2.24) is 10.2 Å². The summed E-state index contributed by atoms with van der Waals surface area (Å²) in [5.41, 5.74) is 1.17. The number of methoxy groups -OCH3 is 1. The lowest BCUT2D eigenvalue weighted by atomic mass is 10.1. The van der Waals surface area contributed by atoms with Crippen molar-refractivity contribution in [3.63, 3.8) is 0 Å². The molecule has 2 amide bonds. The third kappa shape index (κ3) is 9.03. The summed E-state index contributed by atoms with van der Waals surface area (Å²) >= 11 is 0. The quantitative estimate of drug-likeness (QED) is 0.393. The van der Waals surface area contributed by atoms with E-state index in [1.165, 1.54) is 24.3 Å². The molecule has 2 aromatic rings. The van der Waals surface area contributed by atoms with E-state index < -0.39 is 21.9 Å². The number of ether oxygens (including phenoxy) is 1. The number of rotatable bonds is 14. The van der Waals surface area contributed by atoms with Gasteiger partial charge in [0.2, 0.25) is 21.8 Å². The third-order valence-electron chi connectivity index (χ3n) is 6.17. The van der Waals surface area contributed by atoms with E-state index in [4.69, 9.17) is 4.74 Å². The van der Waals surface area contributed by atoms with Gasteiger partial charge < -0.3 is 15.0 Å². The summed E-state index contributed by atoms with van der Waals surface area (Å²) in [5, 5.41) is 2.97. The Hall–Kier alpha value is -3.14. The molecule has 0 bridgehead atoms. The minimum Gasteiger partial charge on any atom is -0.497 e. The van der Waals surface area contributed by atoms with Crippen molar-refractivity contribution < 1.29 is 27.1 Å². The second-order valence-electron chi connectivity index (χ2n) is 9.03. The van der Waals surface area contributed by atoms with E-state index in [1.807, 2.05) is 32.9 Å².